The van der Waals surface area contributed by atoms with Crippen molar-refractivity contribution >= 4 is 18.0 Å². The summed E-state index contributed by atoms with van der Waals surface area (Å²) in [5.74, 6) is -1.02. The van der Waals surface area contributed by atoms with E-state index in [1.54, 1.807) is 6.08 Å². The molecule has 1 aromatic rings. The Kier molecular flexibility index (Phi) is 5.58. The fraction of sp³-hybridized carbons (Fsp3) is 0.471. The summed E-state index contributed by atoms with van der Waals surface area (Å²) in [7, 11) is 1.87. The zero-order valence-electron chi connectivity index (χ0n) is 13.2. The highest BCUT2D eigenvalue weighted by Crippen LogP contribution is 2.27. The Morgan fingerprint density at radius 3 is 2.78 bits per heavy atom. The van der Waals surface area contributed by atoms with Crippen molar-refractivity contribution in [2.24, 2.45) is 7.05 Å². The molecule has 1 aromatic heterocycles. The molecule has 0 atom stereocenters. The molecular weight excluding hydrogens is 294 g/mol. The molecule has 1 aliphatic rings. The van der Waals surface area contributed by atoms with Crippen LogP contribution in [0.15, 0.2) is 24.4 Å². The molecule has 0 radical (unpaired) electrons. The quantitative estimate of drug-likeness (QED) is 0.664. The maximum Gasteiger partial charge on any atom is 0.331 e. The van der Waals surface area contributed by atoms with Gasteiger partial charge in [0.25, 0.3) is 5.91 Å². The third-order valence-corrected chi connectivity index (χ3v) is 4.02. The van der Waals surface area contributed by atoms with Crippen LogP contribution in [0.1, 0.15) is 37.8 Å². The SMILES string of the molecule is Cn1cccc1C=CC(=O)OCC(=O)NC1(C#N)CCCCC1. The monoisotopic (exact) mass is 315 g/mol. The molecule has 6 nitrogen and oxygen atoms in total. The minimum Gasteiger partial charge on any atom is -0.452 e. The van der Waals surface area contributed by atoms with Crippen molar-refractivity contribution in [3.8, 4) is 6.07 Å². The fourth-order valence-electron chi connectivity index (χ4n) is 2.71. The molecule has 0 aliphatic heterocycles. The van der Waals surface area contributed by atoms with Crippen molar-refractivity contribution in [3.63, 3.8) is 0 Å². The van der Waals surface area contributed by atoms with Gasteiger partial charge in [0.1, 0.15) is 5.54 Å². The van der Waals surface area contributed by atoms with E-state index in [1.165, 1.54) is 6.08 Å². The Balaban J connectivity index is 1.80. The number of esters is 1. The summed E-state index contributed by atoms with van der Waals surface area (Å²) < 4.78 is 6.77. The maximum atomic E-state index is 11.9. The molecule has 1 amide bonds. The van der Waals surface area contributed by atoms with Crippen molar-refractivity contribution in [1.82, 2.24) is 9.88 Å². The van der Waals surface area contributed by atoms with Crippen molar-refractivity contribution in [1.29, 1.82) is 5.26 Å². The average Bonchev–Trinajstić information content (AvgIpc) is 2.97. The van der Waals surface area contributed by atoms with Gasteiger partial charge in [-0.25, -0.2) is 4.79 Å². The zero-order chi connectivity index (χ0) is 16.7. The smallest absolute Gasteiger partial charge is 0.331 e. The Morgan fingerprint density at radius 1 is 1.43 bits per heavy atom. The Labute approximate surface area is 135 Å². The number of rotatable bonds is 5. The molecular formula is C17H21N3O3. The summed E-state index contributed by atoms with van der Waals surface area (Å²) in [4.78, 5) is 23.5. The Morgan fingerprint density at radius 2 is 2.17 bits per heavy atom. The van der Waals surface area contributed by atoms with Gasteiger partial charge in [-0.1, -0.05) is 19.3 Å². The van der Waals surface area contributed by atoms with Crippen LogP contribution in [0.5, 0.6) is 0 Å². The van der Waals surface area contributed by atoms with Gasteiger partial charge in [-0.15, -0.1) is 0 Å². The summed E-state index contributed by atoms with van der Waals surface area (Å²) in [6, 6.07) is 5.92. The van der Waals surface area contributed by atoms with E-state index in [0.29, 0.717) is 12.8 Å². The number of ether oxygens (including phenoxy) is 1. The molecule has 6 heteroatoms. The number of nitrogens with zero attached hydrogens (tertiary/aromatic N) is 2. The number of hydrogen-bond donors (Lipinski definition) is 1. The molecule has 1 fully saturated rings. The summed E-state index contributed by atoms with van der Waals surface area (Å²) in [6.45, 7) is -0.375. The van der Waals surface area contributed by atoms with Gasteiger partial charge in [-0.05, 0) is 31.1 Å². The van der Waals surface area contributed by atoms with Gasteiger partial charge < -0.3 is 14.6 Å². The minimum atomic E-state index is -0.805. The van der Waals surface area contributed by atoms with E-state index in [0.717, 1.165) is 25.0 Å². The molecule has 122 valence electrons. The first kappa shape index (κ1) is 16.8. The van der Waals surface area contributed by atoms with E-state index in [2.05, 4.69) is 11.4 Å². The molecule has 1 saturated carbocycles. The summed E-state index contributed by atoms with van der Waals surface area (Å²) >= 11 is 0. The van der Waals surface area contributed by atoms with Gasteiger partial charge in [-0.3, -0.25) is 4.79 Å². The van der Waals surface area contributed by atoms with Gasteiger partial charge in [0, 0.05) is 25.0 Å². The molecule has 0 saturated heterocycles. The second-order valence-electron chi connectivity index (χ2n) is 5.79. The number of hydrogen-bond acceptors (Lipinski definition) is 4. The molecule has 1 heterocycles. The topological polar surface area (TPSA) is 84.1 Å². The molecule has 2 rings (SSSR count). The van der Waals surface area contributed by atoms with E-state index >= 15 is 0 Å². The first-order valence-corrected chi connectivity index (χ1v) is 7.73. The van der Waals surface area contributed by atoms with Crippen LogP contribution in [-0.4, -0.2) is 28.6 Å². The van der Waals surface area contributed by atoms with E-state index in [4.69, 9.17) is 4.74 Å². The normalized spacial score (nSPS) is 16.7. The van der Waals surface area contributed by atoms with Gasteiger partial charge in [0.05, 0.1) is 6.07 Å². The largest absolute Gasteiger partial charge is 0.452 e. The molecule has 0 unspecified atom stereocenters. The molecule has 0 aromatic carbocycles. The van der Waals surface area contributed by atoms with Gasteiger partial charge in [0.2, 0.25) is 0 Å². The van der Waals surface area contributed by atoms with Crippen LogP contribution in [0.3, 0.4) is 0 Å². The second-order valence-corrected chi connectivity index (χ2v) is 5.79. The van der Waals surface area contributed by atoms with Crippen LogP contribution in [0.2, 0.25) is 0 Å². The van der Waals surface area contributed by atoms with E-state index in [9.17, 15) is 14.9 Å². The molecule has 23 heavy (non-hydrogen) atoms. The van der Waals surface area contributed by atoms with Crippen molar-refractivity contribution in [3.05, 3.63) is 30.1 Å². The van der Waals surface area contributed by atoms with E-state index in [1.807, 2.05) is 29.9 Å². The summed E-state index contributed by atoms with van der Waals surface area (Å²) in [6.07, 6.45) is 9.00. The molecule has 0 bridgehead atoms. The fourth-order valence-corrected chi connectivity index (χ4v) is 2.71. The van der Waals surface area contributed by atoms with Gasteiger partial charge in [0.15, 0.2) is 6.61 Å². The van der Waals surface area contributed by atoms with Crippen LogP contribution in [0.25, 0.3) is 6.08 Å². The molecule has 0 spiro atoms. The lowest BCUT2D eigenvalue weighted by molar-refractivity contribution is -0.144. The van der Waals surface area contributed by atoms with Crippen LogP contribution in [0.4, 0.5) is 0 Å². The predicted molar refractivity (Wildman–Crippen MR) is 85.0 cm³/mol. The first-order chi connectivity index (χ1) is 11.0. The van der Waals surface area contributed by atoms with Gasteiger partial charge >= 0.3 is 5.97 Å². The zero-order valence-corrected chi connectivity index (χ0v) is 13.2. The third-order valence-electron chi connectivity index (χ3n) is 4.02. The van der Waals surface area contributed by atoms with Crippen molar-refractivity contribution in [2.45, 2.75) is 37.6 Å². The highest BCUT2D eigenvalue weighted by Gasteiger charge is 2.33. The van der Waals surface area contributed by atoms with Crippen LogP contribution >= 0.6 is 0 Å². The highest BCUT2D eigenvalue weighted by molar-refractivity contribution is 5.89. The number of amides is 1. The predicted octanol–water partition coefficient (Wildman–Crippen LogP) is 1.92. The highest BCUT2D eigenvalue weighted by atomic mass is 16.5. The summed E-state index contributed by atoms with van der Waals surface area (Å²) in [5.41, 5.74) is 0.0534. The molecule has 1 aliphatic carbocycles. The number of nitriles is 1. The lowest BCUT2D eigenvalue weighted by Crippen LogP contribution is -2.49. The third kappa shape index (κ3) is 4.71. The average molecular weight is 315 g/mol. The number of carbonyl (C=O) groups is 2. The maximum absolute atomic E-state index is 11.9. The van der Waals surface area contributed by atoms with Crippen molar-refractivity contribution < 1.29 is 14.3 Å². The van der Waals surface area contributed by atoms with Crippen molar-refractivity contribution in [2.75, 3.05) is 6.61 Å². The minimum absolute atomic E-state index is 0.375. The standard InChI is InChI=1S/C17H21N3O3/c1-20-11-5-6-14(20)7-8-16(22)23-12-15(21)19-17(13-18)9-3-2-4-10-17/h5-8,11H,2-4,9-10,12H2,1H3,(H,19,21). The summed E-state index contributed by atoms with van der Waals surface area (Å²) in [5, 5.41) is 12.0. The lowest BCUT2D eigenvalue weighted by atomic mass is 9.83. The number of aromatic nitrogens is 1. The van der Waals surface area contributed by atoms with Crippen LogP contribution in [0, 0.1) is 11.3 Å². The van der Waals surface area contributed by atoms with Crippen LogP contribution in [-0.2, 0) is 21.4 Å². The van der Waals surface area contributed by atoms with Gasteiger partial charge in [-0.2, -0.15) is 5.26 Å². The van der Waals surface area contributed by atoms with E-state index < -0.39 is 17.4 Å². The van der Waals surface area contributed by atoms with E-state index in [-0.39, 0.29) is 6.61 Å². The number of nitrogens with one attached hydrogen (secondary N) is 1. The second kappa shape index (κ2) is 7.63. The number of aryl methyl sites for hydroxylation is 1. The lowest BCUT2D eigenvalue weighted by Gasteiger charge is -2.31. The first-order valence-electron chi connectivity index (χ1n) is 7.73. The molecule has 1 N–H and O–H groups in total. The van der Waals surface area contributed by atoms with Crippen LogP contribution < -0.4 is 5.32 Å². The Bertz CT molecular complexity index is 634. The number of carbonyl (C=O) groups excluding carboxylic acids is 2. The Hall–Kier alpha value is -2.55.